The second-order valence-electron chi connectivity index (χ2n) is 5.81. The van der Waals surface area contributed by atoms with Crippen molar-refractivity contribution in [2.45, 2.75) is 43.9 Å². The molecular weight excluding hydrogens is 312 g/mol. The van der Waals surface area contributed by atoms with E-state index in [9.17, 15) is 5.11 Å². The number of allylic oxidation sites excluding steroid dienone is 1. The minimum Gasteiger partial charge on any atom is -0.385 e. The molecule has 1 aromatic rings. The molecule has 0 radical (unpaired) electrons. The van der Waals surface area contributed by atoms with Gasteiger partial charge in [-0.3, -0.25) is 0 Å². The molecule has 2 fully saturated rings. The molecule has 132 valence electrons. The largest absolute Gasteiger partial charge is 0.385 e. The van der Waals surface area contributed by atoms with Gasteiger partial charge in [0.2, 0.25) is 0 Å². The van der Waals surface area contributed by atoms with Crippen LogP contribution in [-0.4, -0.2) is 56.1 Å². The molecule has 2 aliphatic heterocycles. The molecule has 0 aromatic heterocycles. The first kappa shape index (κ1) is 17.5. The molecule has 0 spiro atoms. The monoisotopic (exact) mass is 336 g/mol. The van der Waals surface area contributed by atoms with Crippen LogP contribution in [0.1, 0.15) is 18.8 Å². The van der Waals surface area contributed by atoms with Crippen molar-refractivity contribution in [3.8, 4) is 0 Å². The van der Waals surface area contributed by atoms with Crippen molar-refractivity contribution >= 4 is 0 Å². The summed E-state index contributed by atoms with van der Waals surface area (Å²) in [7, 11) is 1.49. The predicted octanol–water partition coefficient (Wildman–Crippen LogP) is 1.79. The fraction of sp³-hybridized carbons (Fsp3) is 0.556. The molecule has 2 heterocycles. The highest BCUT2D eigenvalue weighted by molar-refractivity contribution is 5.16. The Kier molecular flexibility index (Phi) is 5.99. The van der Waals surface area contributed by atoms with Crippen molar-refractivity contribution in [2.75, 3.05) is 20.3 Å². The lowest BCUT2D eigenvalue weighted by Crippen LogP contribution is -2.62. The van der Waals surface area contributed by atoms with Gasteiger partial charge in [-0.15, -0.1) is 0 Å². The highest BCUT2D eigenvalue weighted by Crippen LogP contribution is 2.35. The van der Waals surface area contributed by atoms with E-state index in [0.29, 0.717) is 13.2 Å². The first-order valence-corrected chi connectivity index (χ1v) is 8.15. The topological polar surface area (TPSA) is 66.4 Å². The van der Waals surface area contributed by atoms with Gasteiger partial charge in [0.1, 0.15) is 24.4 Å². The van der Waals surface area contributed by atoms with Crippen LogP contribution < -0.4 is 0 Å². The summed E-state index contributed by atoms with van der Waals surface area (Å²) in [4.78, 5) is 0. The third-order valence-electron chi connectivity index (χ3n) is 4.23. The van der Waals surface area contributed by atoms with Gasteiger partial charge < -0.3 is 28.8 Å². The van der Waals surface area contributed by atoms with Crippen molar-refractivity contribution < 1.29 is 28.8 Å². The average molecular weight is 336 g/mol. The van der Waals surface area contributed by atoms with E-state index in [1.807, 2.05) is 49.4 Å². The molecule has 0 aliphatic carbocycles. The molecule has 3 rings (SSSR count). The van der Waals surface area contributed by atoms with Gasteiger partial charge in [-0.05, 0) is 6.92 Å². The molecule has 1 N–H and O–H groups in total. The molecule has 6 heteroatoms. The summed E-state index contributed by atoms with van der Waals surface area (Å²) in [5.41, 5.74) is 0.923. The SMILES string of the molecule is C/C=C/CO[C@@H]1[C@@H](O)[C@@H](OC)O[C@@H]2COC(c3ccccc3)O[C@@H]12. The number of hydrogen-bond donors (Lipinski definition) is 1. The van der Waals surface area contributed by atoms with Crippen molar-refractivity contribution in [3.05, 3.63) is 48.0 Å². The van der Waals surface area contributed by atoms with Crippen LogP contribution in [-0.2, 0) is 23.7 Å². The maximum absolute atomic E-state index is 10.5. The number of aliphatic hydroxyl groups excluding tert-OH is 1. The quantitative estimate of drug-likeness (QED) is 0.827. The zero-order chi connectivity index (χ0) is 16.9. The van der Waals surface area contributed by atoms with E-state index in [-0.39, 0.29) is 6.10 Å². The summed E-state index contributed by atoms with van der Waals surface area (Å²) in [6.07, 6.45) is 0.236. The molecule has 0 saturated carbocycles. The van der Waals surface area contributed by atoms with E-state index >= 15 is 0 Å². The summed E-state index contributed by atoms with van der Waals surface area (Å²) >= 11 is 0. The van der Waals surface area contributed by atoms with Crippen LogP contribution in [0.2, 0.25) is 0 Å². The first-order chi connectivity index (χ1) is 11.7. The Morgan fingerprint density at radius 2 is 2.04 bits per heavy atom. The van der Waals surface area contributed by atoms with Gasteiger partial charge >= 0.3 is 0 Å². The fourth-order valence-corrected chi connectivity index (χ4v) is 2.99. The number of benzene rings is 1. The molecule has 2 saturated heterocycles. The Balaban J connectivity index is 1.76. The molecule has 6 nitrogen and oxygen atoms in total. The highest BCUT2D eigenvalue weighted by Gasteiger charge is 2.50. The summed E-state index contributed by atoms with van der Waals surface area (Å²) < 4.78 is 28.7. The smallest absolute Gasteiger partial charge is 0.186 e. The van der Waals surface area contributed by atoms with Crippen molar-refractivity contribution in [2.24, 2.45) is 0 Å². The summed E-state index contributed by atoms with van der Waals surface area (Å²) in [6.45, 7) is 2.65. The van der Waals surface area contributed by atoms with Gasteiger partial charge in [-0.25, -0.2) is 0 Å². The average Bonchev–Trinajstić information content (AvgIpc) is 2.63. The Labute approximate surface area is 141 Å². The number of fused-ring (bicyclic) bond motifs is 1. The normalized spacial score (nSPS) is 36.6. The van der Waals surface area contributed by atoms with Crippen molar-refractivity contribution in [1.29, 1.82) is 0 Å². The Morgan fingerprint density at radius 3 is 2.75 bits per heavy atom. The van der Waals surface area contributed by atoms with Gasteiger partial charge in [0.25, 0.3) is 0 Å². The lowest BCUT2D eigenvalue weighted by atomic mass is 9.97. The number of methoxy groups -OCH3 is 1. The molecule has 1 aromatic carbocycles. The van der Waals surface area contributed by atoms with Crippen LogP contribution in [0.3, 0.4) is 0 Å². The van der Waals surface area contributed by atoms with E-state index < -0.39 is 30.9 Å². The number of rotatable bonds is 5. The molecule has 2 aliphatic rings. The van der Waals surface area contributed by atoms with Gasteiger partial charge in [0, 0.05) is 12.7 Å². The Morgan fingerprint density at radius 1 is 1.25 bits per heavy atom. The van der Waals surface area contributed by atoms with E-state index in [4.69, 9.17) is 23.7 Å². The maximum Gasteiger partial charge on any atom is 0.186 e. The van der Waals surface area contributed by atoms with Crippen LogP contribution in [0.15, 0.2) is 42.5 Å². The van der Waals surface area contributed by atoms with E-state index in [2.05, 4.69) is 0 Å². The molecule has 0 amide bonds. The number of ether oxygens (including phenoxy) is 5. The standard InChI is InChI=1S/C18H24O6/c1-3-4-10-21-16-14(19)18(20-2)23-13-11-22-17(24-15(13)16)12-8-6-5-7-9-12/h3-9,13-19H,10-11H2,1-2H3/b4-3+/t13-,14-,15-,16-,17?,18+/m1/s1. The zero-order valence-corrected chi connectivity index (χ0v) is 13.9. The van der Waals surface area contributed by atoms with Gasteiger partial charge in [-0.1, -0.05) is 42.5 Å². The van der Waals surface area contributed by atoms with Crippen LogP contribution in [0.4, 0.5) is 0 Å². The van der Waals surface area contributed by atoms with Gasteiger partial charge in [-0.2, -0.15) is 0 Å². The summed E-state index contributed by atoms with van der Waals surface area (Å²) in [6, 6.07) is 9.69. The van der Waals surface area contributed by atoms with Crippen LogP contribution >= 0.6 is 0 Å². The minimum absolute atomic E-state index is 0.348. The zero-order valence-electron chi connectivity index (χ0n) is 13.9. The Bertz CT molecular complexity index is 534. The van der Waals surface area contributed by atoms with Crippen LogP contribution in [0.5, 0.6) is 0 Å². The lowest BCUT2D eigenvalue weighted by Gasteiger charge is -2.47. The third kappa shape index (κ3) is 3.69. The second-order valence-corrected chi connectivity index (χ2v) is 5.81. The van der Waals surface area contributed by atoms with Crippen LogP contribution in [0.25, 0.3) is 0 Å². The van der Waals surface area contributed by atoms with Crippen LogP contribution in [0, 0.1) is 0 Å². The number of aliphatic hydroxyl groups is 1. The molecule has 6 atom stereocenters. The highest BCUT2D eigenvalue weighted by atomic mass is 16.8. The van der Waals surface area contributed by atoms with Gasteiger partial charge in [0.15, 0.2) is 12.6 Å². The summed E-state index contributed by atoms with van der Waals surface area (Å²) in [5, 5.41) is 10.5. The lowest BCUT2D eigenvalue weighted by molar-refractivity contribution is -0.362. The predicted molar refractivity (Wildman–Crippen MR) is 86.2 cm³/mol. The van der Waals surface area contributed by atoms with E-state index in [1.54, 1.807) is 0 Å². The minimum atomic E-state index is -0.934. The van der Waals surface area contributed by atoms with E-state index in [1.165, 1.54) is 7.11 Å². The first-order valence-electron chi connectivity index (χ1n) is 8.15. The fourth-order valence-electron chi connectivity index (χ4n) is 2.99. The van der Waals surface area contributed by atoms with E-state index in [0.717, 1.165) is 5.56 Å². The third-order valence-corrected chi connectivity index (χ3v) is 4.23. The van der Waals surface area contributed by atoms with Crippen molar-refractivity contribution in [3.63, 3.8) is 0 Å². The maximum atomic E-state index is 10.5. The van der Waals surface area contributed by atoms with Gasteiger partial charge in [0.05, 0.1) is 13.2 Å². The number of hydrogen-bond acceptors (Lipinski definition) is 6. The molecule has 1 unspecified atom stereocenters. The second kappa shape index (κ2) is 8.20. The molecule has 0 bridgehead atoms. The molecule has 24 heavy (non-hydrogen) atoms. The molecular formula is C18H24O6. The Hall–Kier alpha value is -1.28. The van der Waals surface area contributed by atoms with Crippen molar-refractivity contribution in [1.82, 2.24) is 0 Å². The summed E-state index contributed by atoms with van der Waals surface area (Å²) in [5.74, 6) is 0.